The Morgan fingerprint density at radius 1 is 1.47 bits per heavy atom. The fraction of sp³-hybridized carbons (Fsp3) is 0.250. The highest BCUT2D eigenvalue weighted by atomic mass is 35.5. The van der Waals surface area contributed by atoms with Gasteiger partial charge in [0.15, 0.2) is 5.89 Å². The first-order valence-corrected chi connectivity index (χ1v) is 5.50. The van der Waals surface area contributed by atoms with Crippen molar-refractivity contribution in [2.24, 2.45) is 5.73 Å². The van der Waals surface area contributed by atoms with Crippen LogP contribution in [0.15, 0.2) is 28.9 Å². The molecule has 0 saturated carbocycles. The summed E-state index contributed by atoms with van der Waals surface area (Å²) in [5, 5.41) is 0.608. The van der Waals surface area contributed by atoms with Crippen LogP contribution in [-0.4, -0.2) is 12.1 Å². The van der Waals surface area contributed by atoms with E-state index in [9.17, 15) is 0 Å². The van der Waals surface area contributed by atoms with E-state index in [1.54, 1.807) is 38.5 Å². The van der Waals surface area contributed by atoms with Crippen LogP contribution in [0.4, 0.5) is 0 Å². The summed E-state index contributed by atoms with van der Waals surface area (Å²) in [6, 6.07) is 4.89. The molecule has 1 atom stereocenters. The lowest BCUT2D eigenvalue weighted by atomic mass is 10.0. The first-order valence-electron chi connectivity index (χ1n) is 5.13. The Balaban J connectivity index is 2.42. The molecule has 0 fully saturated rings. The van der Waals surface area contributed by atoms with Gasteiger partial charge < -0.3 is 14.9 Å². The second-order valence-corrected chi connectivity index (χ2v) is 4.09. The number of oxazole rings is 1. The number of ether oxygens (including phenoxy) is 1. The highest BCUT2D eigenvalue weighted by Crippen LogP contribution is 2.30. The van der Waals surface area contributed by atoms with Gasteiger partial charge in [0.05, 0.1) is 13.2 Å². The molecule has 0 spiro atoms. The van der Waals surface area contributed by atoms with Crippen molar-refractivity contribution >= 4 is 11.6 Å². The van der Waals surface area contributed by atoms with Gasteiger partial charge in [0.2, 0.25) is 0 Å². The van der Waals surface area contributed by atoms with Crippen LogP contribution in [0, 0.1) is 6.92 Å². The zero-order valence-electron chi connectivity index (χ0n) is 9.61. The number of halogens is 1. The second-order valence-electron chi connectivity index (χ2n) is 3.66. The fourth-order valence-corrected chi connectivity index (χ4v) is 1.81. The summed E-state index contributed by atoms with van der Waals surface area (Å²) >= 11 is 5.96. The van der Waals surface area contributed by atoms with Crippen molar-refractivity contribution in [1.82, 2.24) is 4.98 Å². The number of methoxy groups -OCH3 is 1. The van der Waals surface area contributed by atoms with E-state index < -0.39 is 6.04 Å². The first-order chi connectivity index (χ1) is 8.11. The average Bonchev–Trinajstić information content (AvgIpc) is 2.75. The smallest absolute Gasteiger partial charge is 0.191 e. The standard InChI is InChI=1S/C12H13ClN2O2/c1-7-15-10(6-17-7)12(14)9-5-8(13)3-4-11(9)16-2/h3-6,12H,14H2,1-2H3. The van der Waals surface area contributed by atoms with Gasteiger partial charge in [-0.3, -0.25) is 0 Å². The molecular weight excluding hydrogens is 240 g/mol. The molecule has 1 aromatic carbocycles. The predicted octanol–water partition coefficient (Wildman–Crippen LogP) is 2.69. The minimum Gasteiger partial charge on any atom is -0.496 e. The van der Waals surface area contributed by atoms with E-state index in [0.29, 0.717) is 22.4 Å². The third-order valence-corrected chi connectivity index (χ3v) is 2.72. The van der Waals surface area contributed by atoms with Crippen molar-refractivity contribution in [3.63, 3.8) is 0 Å². The molecule has 0 aliphatic heterocycles. The van der Waals surface area contributed by atoms with Gasteiger partial charge in [-0.15, -0.1) is 0 Å². The van der Waals surface area contributed by atoms with Gasteiger partial charge in [-0.25, -0.2) is 4.98 Å². The zero-order chi connectivity index (χ0) is 12.4. The first kappa shape index (κ1) is 12.0. The molecule has 0 aliphatic rings. The molecule has 90 valence electrons. The molecule has 17 heavy (non-hydrogen) atoms. The lowest BCUT2D eigenvalue weighted by molar-refractivity contribution is 0.407. The number of benzene rings is 1. The minimum atomic E-state index is -0.416. The summed E-state index contributed by atoms with van der Waals surface area (Å²) in [4.78, 5) is 4.20. The maximum absolute atomic E-state index is 6.11. The molecule has 0 amide bonds. The quantitative estimate of drug-likeness (QED) is 0.912. The Morgan fingerprint density at radius 3 is 2.82 bits per heavy atom. The average molecular weight is 253 g/mol. The van der Waals surface area contributed by atoms with Crippen molar-refractivity contribution in [3.05, 3.63) is 46.6 Å². The van der Waals surface area contributed by atoms with Gasteiger partial charge in [-0.2, -0.15) is 0 Å². The topological polar surface area (TPSA) is 61.3 Å². The largest absolute Gasteiger partial charge is 0.496 e. The Bertz CT molecular complexity index is 525. The Kier molecular flexibility index (Phi) is 3.36. The zero-order valence-corrected chi connectivity index (χ0v) is 10.4. The lowest BCUT2D eigenvalue weighted by Gasteiger charge is -2.13. The number of aromatic nitrogens is 1. The van der Waals surface area contributed by atoms with Crippen molar-refractivity contribution in [1.29, 1.82) is 0 Å². The Morgan fingerprint density at radius 2 is 2.24 bits per heavy atom. The maximum atomic E-state index is 6.11. The van der Waals surface area contributed by atoms with Crippen LogP contribution in [0.1, 0.15) is 23.2 Å². The number of rotatable bonds is 3. The monoisotopic (exact) mass is 252 g/mol. The van der Waals surface area contributed by atoms with Crippen molar-refractivity contribution in [2.75, 3.05) is 7.11 Å². The minimum absolute atomic E-state index is 0.416. The fourth-order valence-electron chi connectivity index (χ4n) is 1.63. The third kappa shape index (κ3) is 2.43. The SMILES string of the molecule is COc1ccc(Cl)cc1C(N)c1coc(C)n1. The number of nitrogens with two attached hydrogens (primary N) is 1. The van der Waals surface area contributed by atoms with Gasteiger partial charge in [0, 0.05) is 17.5 Å². The van der Waals surface area contributed by atoms with Crippen molar-refractivity contribution in [2.45, 2.75) is 13.0 Å². The molecule has 0 aliphatic carbocycles. The molecule has 2 N–H and O–H groups in total. The van der Waals surface area contributed by atoms with Gasteiger partial charge in [0.1, 0.15) is 17.7 Å². The highest BCUT2D eigenvalue weighted by molar-refractivity contribution is 6.30. The van der Waals surface area contributed by atoms with Crippen LogP contribution in [0.3, 0.4) is 0 Å². The highest BCUT2D eigenvalue weighted by Gasteiger charge is 2.17. The summed E-state index contributed by atoms with van der Waals surface area (Å²) in [7, 11) is 1.59. The predicted molar refractivity (Wildman–Crippen MR) is 65.3 cm³/mol. The van der Waals surface area contributed by atoms with Crippen LogP contribution in [0.5, 0.6) is 5.75 Å². The van der Waals surface area contributed by atoms with E-state index in [-0.39, 0.29) is 0 Å². The molecular formula is C12H13ClN2O2. The number of aryl methyl sites for hydroxylation is 1. The molecule has 2 aromatic rings. The van der Waals surface area contributed by atoms with E-state index in [0.717, 1.165) is 5.56 Å². The van der Waals surface area contributed by atoms with Crippen LogP contribution in [0.2, 0.25) is 5.02 Å². The molecule has 1 unspecified atom stereocenters. The van der Waals surface area contributed by atoms with E-state index in [1.807, 2.05) is 0 Å². The van der Waals surface area contributed by atoms with E-state index in [1.165, 1.54) is 0 Å². The second kappa shape index (κ2) is 4.77. The third-order valence-electron chi connectivity index (χ3n) is 2.48. The summed E-state index contributed by atoms with van der Waals surface area (Å²) in [6.07, 6.45) is 1.54. The van der Waals surface area contributed by atoms with Crippen molar-refractivity contribution < 1.29 is 9.15 Å². The van der Waals surface area contributed by atoms with Crippen LogP contribution in [-0.2, 0) is 0 Å². The lowest BCUT2D eigenvalue weighted by Crippen LogP contribution is -2.13. The molecule has 0 saturated heterocycles. The summed E-state index contributed by atoms with van der Waals surface area (Å²) in [6.45, 7) is 1.77. The van der Waals surface area contributed by atoms with Gasteiger partial charge >= 0.3 is 0 Å². The Hall–Kier alpha value is -1.52. The van der Waals surface area contributed by atoms with Gasteiger partial charge in [0.25, 0.3) is 0 Å². The molecule has 0 bridgehead atoms. The van der Waals surface area contributed by atoms with Crippen LogP contribution in [0.25, 0.3) is 0 Å². The molecule has 5 heteroatoms. The molecule has 4 nitrogen and oxygen atoms in total. The van der Waals surface area contributed by atoms with Gasteiger partial charge in [-0.05, 0) is 18.2 Å². The number of hydrogen-bond acceptors (Lipinski definition) is 4. The molecule has 1 heterocycles. The summed E-state index contributed by atoms with van der Waals surface area (Å²) < 4.78 is 10.4. The summed E-state index contributed by atoms with van der Waals surface area (Å²) in [5.41, 5.74) is 7.55. The van der Waals surface area contributed by atoms with E-state index >= 15 is 0 Å². The van der Waals surface area contributed by atoms with E-state index in [2.05, 4.69) is 4.98 Å². The summed E-state index contributed by atoms with van der Waals surface area (Å²) in [5.74, 6) is 1.26. The number of nitrogens with zero attached hydrogens (tertiary/aromatic N) is 1. The molecule has 0 radical (unpaired) electrons. The van der Waals surface area contributed by atoms with E-state index in [4.69, 9.17) is 26.5 Å². The maximum Gasteiger partial charge on any atom is 0.191 e. The van der Waals surface area contributed by atoms with Crippen molar-refractivity contribution in [3.8, 4) is 5.75 Å². The van der Waals surface area contributed by atoms with Crippen LogP contribution < -0.4 is 10.5 Å². The Labute approximate surface area is 104 Å². The van der Waals surface area contributed by atoms with Crippen LogP contribution >= 0.6 is 11.6 Å². The molecule has 1 aromatic heterocycles. The normalized spacial score (nSPS) is 12.5. The number of hydrogen-bond donors (Lipinski definition) is 1. The molecule has 2 rings (SSSR count). The van der Waals surface area contributed by atoms with Gasteiger partial charge in [-0.1, -0.05) is 11.6 Å².